The minimum absolute atomic E-state index is 0.0388. The molecule has 0 bridgehead atoms. The van der Waals surface area contributed by atoms with Gasteiger partial charge in [-0.15, -0.1) is 0 Å². The van der Waals surface area contributed by atoms with Crippen LogP contribution < -0.4 is 5.32 Å². The molecule has 0 radical (unpaired) electrons. The normalized spacial score (nSPS) is 12.1. The lowest BCUT2D eigenvalue weighted by Gasteiger charge is -2.30. The van der Waals surface area contributed by atoms with Crippen molar-refractivity contribution in [3.63, 3.8) is 0 Å². The number of nitrogens with zero attached hydrogens (tertiary/aromatic N) is 2. The highest BCUT2D eigenvalue weighted by atomic mass is 16.5. The van der Waals surface area contributed by atoms with E-state index >= 15 is 0 Å². The molecule has 3 N–H and O–H groups in total. The van der Waals surface area contributed by atoms with Crippen LogP contribution in [0.5, 0.6) is 0 Å². The van der Waals surface area contributed by atoms with Gasteiger partial charge >= 0.3 is 13.2 Å². The van der Waals surface area contributed by atoms with Gasteiger partial charge in [0, 0.05) is 18.5 Å². The van der Waals surface area contributed by atoms with E-state index in [1.165, 1.54) is 0 Å². The Morgan fingerprint density at radius 2 is 1.69 bits per heavy atom. The first-order valence-electron chi connectivity index (χ1n) is 12.0. The molecule has 0 saturated heterocycles. The van der Waals surface area contributed by atoms with Gasteiger partial charge in [-0.2, -0.15) is 5.26 Å². The van der Waals surface area contributed by atoms with E-state index in [0.29, 0.717) is 12.0 Å². The Bertz CT molecular complexity index is 1070. The first-order chi connectivity index (χ1) is 17.1. The molecule has 0 saturated carbocycles. The number of nitriles is 1. The molecule has 0 aromatic heterocycles. The van der Waals surface area contributed by atoms with Crippen molar-refractivity contribution in [2.75, 3.05) is 6.61 Å². The Morgan fingerprint density at radius 1 is 1.06 bits per heavy atom. The van der Waals surface area contributed by atoms with Crippen LogP contribution in [0.1, 0.15) is 44.4 Å². The van der Waals surface area contributed by atoms with Crippen molar-refractivity contribution >= 4 is 25.2 Å². The van der Waals surface area contributed by atoms with Gasteiger partial charge in [0.05, 0.1) is 12.5 Å². The molecule has 2 amide bonds. The summed E-state index contributed by atoms with van der Waals surface area (Å²) in [6.07, 6.45) is 1.46. The molecule has 190 valence electrons. The summed E-state index contributed by atoms with van der Waals surface area (Å²) >= 11 is 0. The van der Waals surface area contributed by atoms with E-state index in [9.17, 15) is 24.9 Å². The minimum atomic E-state index is -1.74. The van der Waals surface area contributed by atoms with E-state index in [4.69, 9.17) is 4.74 Å². The summed E-state index contributed by atoms with van der Waals surface area (Å²) in [4.78, 5) is 26.7. The highest BCUT2D eigenvalue weighted by Gasteiger charge is 2.26. The van der Waals surface area contributed by atoms with Gasteiger partial charge in [-0.3, -0.25) is 4.79 Å². The maximum absolute atomic E-state index is 12.9. The number of amides is 2. The van der Waals surface area contributed by atoms with Crippen LogP contribution in [0.15, 0.2) is 60.2 Å². The van der Waals surface area contributed by atoms with Crippen LogP contribution in [0.25, 0.3) is 6.08 Å². The third-order valence-corrected chi connectivity index (χ3v) is 5.55. The molecule has 0 fully saturated rings. The zero-order valence-corrected chi connectivity index (χ0v) is 21.2. The fourth-order valence-electron chi connectivity index (χ4n) is 3.90. The smallest absolute Gasteiger partial charge is 0.449 e. The van der Waals surface area contributed by atoms with Crippen molar-refractivity contribution in [1.82, 2.24) is 10.2 Å². The Kier molecular flexibility index (Phi) is 11.2. The van der Waals surface area contributed by atoms with Crippen LogP contribution in [0, 0.1) is 11.3 Å². The van der Waals surface area contributed by atoms with Crippen LogP contribution in [0.3, 0.4) is 0 Å². The monoisotopic (exact) mass is 491 g/mol. The predicted molar refractivity (Wildman–Crippen MR) is 139 cm³/mol. The number of hydrogen-bond donors (Lipinski definition) is 3. The number of carbonyl (C=O) groups excluding carboxylic acids is 2. The Labute approximate surface area is 213 Å². The number of nitrogens with one attached hydrogen (secondary N) is 1. The third-order valence-electron chi connectivity index (χ3n) is 5.55. The number of benzene rings is 2. The highest BCUT2D eigenvalue weighted by Crippen LogP contribution is 2.15. The topological polar surface area (TPSA) is 123 Å². The van der Waals surface area contributed by atoms with Crippen molar-refractivity contribution in [2.24, 2.45) is 0 Å². The van der Waals surface area contributed by atoms with Gasteiger partial charge in [-0.25, -0.2) is 4.79 Å². The fourth-order valence-corrected chi connectivity index (χ4v) is 3.90. The molecule has 0 spiro atoms. The zero-order valence-electron chi connectivity index (χ0n) is 21.2. The summed E-state index contributed by atoms with van der Waals surface area (Å²) in [6.45, 7) is 7.71. The number of rotatable bonds is 11. The van der Waals surface area contributed by atoms with Gasteiger partial charge in [-0.05, 0) is 56.9 Å². The van der Waals surface area contributed by atoms with E-state index in [0.717, 1.165) is 11.1 Å². The highest BCUT2D eigenvalue weighted by molar-refractivity contribution is 6.43. The van der Waals surface area contributed by atoms with Gasteiger partial charge < -0.3 is 25.0 Å². The summed E-state index contributed by atoms with van der Waals surface area (Å²) < 4.78 is 5.23. The van der Waals surface area contributed by atoms with Crippen molar-refractivity contribution in [3.8, 4) is 6.07 Å². The second-order valence-corrected chi connectivity index (χ2v) is 9.05. The molecular weight excluding hydrogens is 457 g/mol. The summed E-state index contributed by atoms with van der Waals surface area (Å²) in [5, 5.41) is 31.3. The molecule has 1 atom stereocenters. The zero-order chi connectivity index (χ0) is 26.7. The quantitative estimate of drug-likeness (QED) is 0.252. The molecule has 9 heteroatoms. The average Bonchev–Trinajstić information content (AvgIpc) is 2.82. The number of carbonyl (C=O) groups is 2. The van der Waals surface area contributed by atoms with Crippen LogP contribution in [0.2, 0.25) is 0 Å². The second kappa shape index (κ2) is 14.1. The maximum Gasteiger partial charge on any atom is 0.475 e. The molecule has 2 rings (SSSR count). The van der Waals surface area contributed by atoms with E-state index < -0.39 is 19.2 Å². The average molecular weight is 491 g/mol. The summed E-state index contributed by atoms with van der Waals surface area (Å²) in [6, 6.07) is 18.4. The van der Waals surface area contributed by atoms with Crippen molar-refractivity contribution in [3.05, 3.63) is 76.9 Å². The van der Waals surface area contributed by atoms with Crippen molar-refractivity contribution in [1.29, 1.82) is 5.26 Å². The van der Waals surface area contributed by atoms with Gasteiger partial charge in [0.2, 0.25) is 0 Å². The Morgan fingerprint density at radius 3 is 2.28 bits per heavy atom. The molecule has 8 nitrogen and oxygen atoms in total. The molecule has 0 aliphatic heterocycles. The molecule has 0 heterocycles. The fraction of sp³-hybridized carbons (Fsp3) is 0.370. The van der Waals surface area contributed by atoms with Crippen LogP contribution in [-0.2, 0) is 22.4 Å². The van der Waals surface area contributed by atoms with Crippen molar-refractivity contribution < 1.29 is 24.4 Å². The standard InChI is InChI=1S/C27H34BN3O5/c1-19(2)31(20(3)4)26(32)24(18-29)16-23-12-8-11-22(15-23)13-14-36-27(33)30-25(28(34)35)17-21-9-6-5-7-10-21/h5-12,15-16,19-20,25,34-35H,13-14,17H2,1-4H3,(H,30,33)/t25-/m0/s1. The van der Waals surface area contributed by atoms with E-state index in [-0.39, 0.29) is 36.6 Å². The Hall–Kier alpha value is -3.61. The first-order valence-corrected chi connectivity index (χ1v) is 12.0. The lowest BCUT2D eigenvalue weighted by Crippen LogP contribution is -2.48. The lowest BCUT2D eigenvalue weighted by molar-refractivity contribution is -0.130. The minimum Gasteiger partial charge on any atom is -0.449 e. The largest absolute Gasteiger partial charge is 0.475 e. The summed E-state index contributed by atoms with van der Waals surface area (Å²) in [7, 11) is -1.74. The molecule has 0 aliphatic carbocycles. The molecule has 2 aromatic carbocycles. The number of hydrogen-bond acceptors (Lipinski definition) is 6. The van der Waals surface area contributed by atoms with Gasteiger partial charge in [0.15, 0.2) is 0 Å². The van der Waals surface area contributed by atoms with E-state index in [1.807, 2.05) is 76.2 Å². The summed E-state index contributed by atoms with van der Waals surface area (Å²) in [5.41, 5.74) is 2.45. The molecule has 0 unspecified atom stereocenters. The van der Waals surface area contributed by atoms with E-state index in [2.05, 4.69) is 5.32 Å². The second-order valence-electron chi connectivity index (χ2n) is 9.05. The Balaban J connectivity index is 1.97. The first kappa shape index (κ1) is 28.6. The maximum atomic E-state index is 12.9. The van der Waals surface area contributed by atoms with Crippen LogP contribution >= 0.6 is 0 Å². The van der Waals surface area contributed by atoms with Crippen molar-refractivity contribution in [2.45, 2.75) is 58.6 Å². The number of ether oxygens (including phenoxy) is 1. The molecule has 2 aromatic rings. The lowest BCUT2D eigenvalue weighted by atomic mass is 9.76. The molecular formula is C27H34BN3O5. The van der Waals surface area contributed by atoms with Crippen LogP contribution in [0.4, 0.5) is 4.79 Å². The molecule has 0 aliphatic rings. The number of alkyl carbamates (subject to hydrolysis) is 1. The third kappa shape index (κ3) is 8.88. The van der Waals surface area contributed by atoms with Crippen LogP contribution in [-0.4, -0.2) is 58.7 Å². The van der Waals surface area contributed by atoms with Gasteiger partial charge in [0.1, 0.15) is 11.6 Å². The SMILES string of the molecule is CC(C)N(C(=O)C(C#N)=Cc1cccc(CCOC(=O)N[C@@H](Cc2ccccc2)B(O)O)c1)C(C)C. The predicted octanol–water partition coefficient (Wildman–Crippen LogP) is 3.13. The van der Waals surface area contributed by atoms with E-state index in [1.54, 1.807) is 23.1 Å². The molecule has 36 heavy (non-hydrogen) atoms. The summed E-state index contributed by atoms with van der Waals surface area (Å²) in [5.74, 6) is -1.23. The van der Waals surface area contributed by atoms with Gasteiger partial charge in [0.25, 0.3) is 5.91 Å². The van der Waals surface area contributed by atoms with Gasteiger partial charge in [-0.1, -0.05) is 54.6 Å².